The van der Waals surface area contributed by atoms with Gasteiger partial charge in [0.15, 0.2) is 0 Å². The lowest BCUT2D eigenvalue weighted by Gasteiger charge is -2.43. The molecule has 1 saturated heterocycles. The second kappa shape index (κ2) is 16.8. The molecule has 2 rings (SSSR count). The highest BCUT2D eigenvalue weighted by atomic mass is 19.4. The third kappa shape index (κ3) is 11.1. The van der Waals surface area contributed by atoms with Gasteiger partial charge in [-0.25, -0.2) is 4.79 Å². The van der Waals surface area contributed by atoms with Crippen LogP contribution in [0.4, 0.5) is 18.0 Å². The van der Waals surface area contributed by atoms with Gasteiger partial charge in [-0.2, -0.15) is 13.2 Å². The second-order valence-electron chi connectivity index (χ2n) is 9.06. The third-order valence-corrected chi connectivity index (χ3v) is 5.93. The average Bonchev–Trinajstić information content (AvgIpc) is 2.94. The highest BCUT2D eigenvalue weighted by Gasteiger charge is 2.40. The van der Waals surface area contributed by atoms with Crippen LogP contribution >= 0.6 is 0 Å². The number of aromatic nitrogens is 1. The predicted octanol–water partition coefficient (Wildman–Crippen LogP) is 2.44. The monoisotopic (exact) mass is 575 g/mol. The molecule has 14 heteroatoms. The van der Waals surface area contributed by atoms with E-state index in [0.717, 1.165) is 5.56 Å². The van der Waals surface area contributed by atoms with Crippen LogP contribution in [0.3, 0.4) is 0 Å². The van der Waals surface area contributed by atoms with Gasteiger partial charge in [-0.15, -0.1) is 0 Å². The first kappa shape index (κ1) is 34.8. The van der Waals surface area contributed by atoms with Crippen molar-refractivity contribution in [2.45, 2.75) is 45.2 Å². The smallest absolute Gasteiger partial charge is 0.410 e. The molecule has 0 unspecified atom stereocenters. The molecule has 0 atom stereocenters. The van der Waals surface area contributed by atoms with Gasteiger partial charge in [0.2, 0.25) is 18.1 Å². The van der Waals surface area contributed by atoms with Crippen LogP contribution in [-0.2, 0) is 29.6 Å². The van der Waals surface area contributed by atoms with Crippen molar-refractivity contribution in [2.24, 2.45) is 0 Å². The number of amides is 3. The molecule has 11 nitrogen and oxygen atoms in total. The van der Waals surface area contributed by atoms with E-state index in [2.05, 4.69) is 21.8 Å². The number of alkyl halides is 3. The van der Waals surface area contributed by atoms with Crippen molar-refractivity contribution in [1.29, 1.82) is 0 Å². The van der Waals surface area contributed by atoms with Crippen molar-refractivity contribution in [3.63, 3.8) is 0 Å². The van der Waals surface area contributed by atoms with E-state index in [4.69, 9.17) is 14.2 Å². The first-order valence-corrected chi connectivity index (χ1v) is 12.8. The van der Waals surface area contributed by atoms with Crippen molar-refractivity contribution >= 4 is 18.4 Å². The Labute approximate surface area is 233 Å². The van der Waals surface area contributed by atoms with Crippen LogP contribution in [0.25, 0.3) is 0 Å². The van der Waals surface area contributed by atoms with Crippen LogP contribution in [0.2, 0.25) is 0 Å². The number of carbonyl (C=O) groups is 3. The SMILES string of the molecule is C=CCOC(=O)N1CCN(C(C)(C)C(=O)NCC(OCC)(OCC)c2cccnc2)CC1.O=CNCC(F)(F)F. The molecular weight excluding hydrogens is 535 g/mol. The zero-order valence-electron chi connectivity index (χ0n) is 23.5. The molecule has 1 aliphatic rings. The summed E-state index contributed by atoms with van der Waals surface area (Å²) in [6.45, 7) is 13.1. The van der Waals surface area contributed by atoms with Crippen LogP contribution in [0, 0.1) is 0 Å². The Morgan fingerprint density at radius 1 is 1.10 bits per heavy atom. The standard InChI is InChI=1S/C23H36N4O5.C3H4F3NO/c1-6-16-30-21(29)26-12-14-27(15-13-26)22(4,5)20(28)25-18-23(31-7-2,32-8-3)19-10-9-11-24-17-19;4-3(5,6)1-7-2-8/h6,9-11,17H,1,7-8,12-16,18H2,2-5H3,(H,25,28);2H,1H2,(H,7,8). The highest BCUT2D eigenvalue weighted by Crippen LogP contribution is 2.27. The number of rotatable bonds is 13. The number of nitrogens with one attached hydrogen (secondary N) is 2. The number of hydrogen-bond donors (Lipinski definition) is 2. The van der Waals surface area contributed by atoms with Crippen molar-refractivity contribution in [3.8, 4) is 0 Å². The molecule has 1 aromatic rings. The third-order valence-electron chi connectivity index (χ3n) is 5.93. The summed E-state index contributed by atoms with van der Waals surface area (Å²) < 4.78 is 50.1. The predicted molar refractivity (Wildman–Crippen MR) is 141 cm³/mol. The molecule has 2 N–H and O–H groups in total. The minimum atomic E-state index is -4.29. The van der Waals surface area contributed by atoms with Crippen molar-refractivity contribution in [3.05, 3.63) is 42.7 Å². The van der Waals surface area contributed by atoms with Crippen LogP contribution in [-0.4, -0.2) is 104 Å². The van der Waals surface area contributed by atoms with Gasteiger partial charge in [-0.3, -0.25) is 19.5 Å². The van der Waals surface area contributed by atoms with E-state index in [1.54, 1.807) is 17.3 Å². The van der Waals surface area contributed by atoms with Gasteiger partial charge in [-0.05, 0) is 33.8 Å². The van der Waals surface area contributed by atoms with E-state index in [1.807, 2.05) is 39.8 Å². The van der Waals surface area contributed by atoms with Crippen LogP contribution < -0.4 is 10.6 Å². The van der Waals surface area contributed by atoms with Crippen LogP contribution in [0.1, 0.15) is 33.3 Å². The lowest BCUT2D eigenvalue weighted by Crippen LogP contribution is -2.62. The largest absolute Gasteiger partial charge is 0.445 e. The number of pyridine rings is 1. The van der Waals surface area contributed by atoms with Gasteiger partial charge in [0.05, 0.1) is 12.1 Å². The van der Waals surface area contributed by atoms with Crippen molar-refractivity contribution in [1.82, 2.24) is 25.4 Å². The van der Waals surface area contributed by atoms with Gasteiger partial charge < -0.3 is 29.7 Å². The Bertz CT molecular complexity index is 919. The molecule has 0 aliphatic carbocycles. The normalized spacial score (nSPS) is 14.4. The number of ether oxygens (including phenoxy) is 3. The zero-order valence-corrected chi connectivity index (χ0v) is 23.5. The summed E-state index contributed by atoms with van der Waals surface area (Å²) in [6.07, 6.45) is 0.265. The minimum Gasteiger partial charge on any atom is -0.445 e. The number of piperazine rings is 1. The molecule has 3 amide bonds. The number of hydrogen-bond acceptors (Lipinski definition) is 8. The Kier molecular flexibility index (Phi) is 14.6. The molecule has 0 radical (unpaired) electrons. The fraction of sp³-hybridized carbons (Fsp3) is 0.615. The maximum absolute atomic E-state index is 13.2. The van der Waals surface area contributed by atoms with Gasteiger partial charge in [0, 0.05) is 57.3 Å². The summed E-state index contributed by atoms with van der Waals surface area (Å²) >= 11 is 0. The highest BCUT2D eigenvalue weighted by molar-refractivity contribution is 5.85. The summed E-state index contributed by atoms with van der Waals surface area (Å²) in [5.41, 5.74) is -0.0376. The Balaban J connectivity index is 0.000000869. The molecule has 2 heterocycles. The molecule has 40 heavy (non-hydrogen) atoms. The molecule has 1 fully saturated rings. The van der Waals surface area contributed by atoms with E-state index < -0.39 is 24.0 Å². The van der Waals surface area contributed by atoms with Gasteiger partial charge >= 0.3 is 12.3 Å². The van der Waals surface area contributed by atoms with Crippen LogP contribution in [0.5, 0.6) is 0 Å². The summed E-state index contributed by atoms with van der Waals surface area (Å²) in [6, 6.07) is 3.69. The van der Waals surface area contributed by atoms with Gasteiger partial charge in [0.25, 0.3) is 0 Å². The van der Waals surface area contributed by atoms with E-state index in [-0.39, 0.29) is 31.6 Å². The fourth-order valence-electron chi connectivity index (χ4n) is 3.85. The summed E-state index contributed by atoms with van der Waals surface area (Å²) in [7, 11) is 0. The Hall–Kier alpha value is -3.23. The van der Waals surface area contributed by atoms with E-state index in [0.29, 0.717) is 39.4 Å². The number of carbonyl (C=O) groups excluding carboxylic acids is 3. The van der Waals surface area contributed by atoms with Crippen LogP contribution in [0.15, 0.2) is 37.2 Å². The maximum atomic E-state index is 13.2. The first-order chi connectivity index (χ1) is 18.9. The lowest BCUT2D eigenvalue weighted by atomic mass is 9.99. The summed E-state index contributed by atoms with van der Waals surface area (Å²) in [4.78, 5) is 42.4. The van der Waals surface area contributed by atoms with Gasteiger partial charge in [0.1, 0.15) is 13.2 Å². The molecule has 1 aliphatic heterocycles. The molecule has 1 aromatic heterocycles. The molecule has 0 bridgehead atoms. The molecular formula is C26H40F3N5O6. The number of nitrogens with zero attached hydrogens (tertiary/aromatic N) is 3. The fourth-order valence-corrected chi connectivity index (χ4v) is 3.85. The second-order valence-corrected chi connectivity index (χ2v) is 9.06. The quantitative estimate of drug-likeness (QED) is 0.209. The average molecular weight is 576 g/mol. The van der Waals surface area contributed by atoms with E-state index in [9.17, 15) is 27.6 Å². The summed E-state index contributed by atoms with van der Waals surface area (Å²) in [5, 5.41) is 4.50. The maximum Gasteiger partial charge on any atom is 0.410 e. The molecule has 0 spiro atoms. The molecule has 0 aromatic carbocycles. The lowest BCUT2D eigenvalue weighted by molar-refractivity contribution is -0.239. The zero-order chi connectivity index (χ0) is 30.2. The summed E-state index contributed by atoms with van der Waals surface area (Å²) in [5.74, 6) is -1.26. The van der Waals surface area contributed by atoms with Gasteiger partial charge in [-0.1, -0.05) is 18.7 Å². The van der Waals surface area contributed by atoms with E-state index in [1.165, 1.54) is 11.4 Å². The van der Waals surface area contributed by atoms with Crippen molar-refractivity contribution in [2.75, 3.05) is 59.1 Å². The van der Waals surface area contributed by atoms with Crippen molar-refractivity contribution < 1.29 is 41.8 Å². The number of halogens is 3. The molecule has 0 saturated carbocycles. The Morgan fingerprint density at radius 2 is 1.73 bits per heavy atom. The van der Waals surface area contributed by atoms with E-state index >= 15 is 0 Å². The minimum absolute atomic E-state index is 0.00743. The Morgan fingerprint density at radius 3 is 2.17 bits per heavy atom. The molecule has 226 valence electrons. The first-order valence-electron chi connectivity index (χ1n) is 12.8. The topological polar surface area (TPSA) is 122 Å².